The largest absolute Gasteiger partial charge is 0.432 e. The quantitative estimate of drug-likeness (QED) is 0.563. The van der Waals surface area contributed by atoms with Crippen molar-refractivity contribution < 1.29 is 52.7 Å². The van der Waals surface area contributed by atoms with E-state index in [1.807, 2.05) is 0 Å². The molecule has 0 N–H and O–H groups in total. The summed E-state index contributed by atoms with van der Waals surface area (Å²) in [6, 6.07) is 0. The first-order valence-corrected chi connectivity index (χ1v) is 5.02. The molecule has 0 spiro atoms. The first kappa shape index (κ1) is 18.2. The molecule has 126 valence electrons. The van der Waals surface area contributed by atoms with Gasteiger partial charge in [0.2, 0.25) is 11.3 Å². The Morgan fingerprint density at radius 1 is 0.524 bits per heavy atom. The van der Waals surface area contributed by atoms with Gasteiger partial charge in [-0.05, 0) is 13.8 Å². The van der Waals surface area contributed by atoms with Crippen LogP contribution >= 0.6 is 0 Å². The van der Waals surface area contributed by atoms with Crippen LogP contribution in [0, 0.1) is 0 Å². The summed E-state index contributed by atoms with van der Waals surface area (Å²) < 4.78 is 157. The minimum Gasteiger partial charge on any atom is -0.233 e. The second-order valence-electron chi connectivity index (χ2n) is 4.89. The number of rotatable bonds is 0. The van der Waals surface area contributed by atoms with Crippen LogP contribution in [0.4, 0.5) is 52.7 Å². The Morgan fingerprint density at radius 3 is 1.14 bits per heavy atom. The summed E-state index contributed by atoms with van der Waals surface area (Å²) in [4.78, 5) is 0. The molecule has 0 aromatic carbocycles. The van der Waals surface area contributed by atoms with Crippen LogP contribution in [0.1, 0.15) is 13.8 Å². The minimum absolute atomic E-state index is 0.922. The summed E-state index contributed by atoms with van der Waals surface area (Å²) in [6.45, 7) is -1.96. The van der Waals surface area contributed by atoms with Gasteiger partial charge in [-0.15, -0.1) is 0 Å². The zero-order valence-electron chi connectivity index (χ0n) is 10.0. The average molecular weight is 342 g/mol. The van der Waals surface area contributed by atoms with Gasteiger partial charge in [0.05, 0.1) is 0 Å². The van der Waals surface area contributed by atoms with Crippen molar-refractivity contribution in [1.29, 1.82) is 0 Å². The Balaban J connectivity index is 3.93. The van der Waals surface area contributed by atoms with Crippen molar-refractivity contribution >= 4 is 0 Å². The SMILES string of the molecule is CC1(F)C(F)(F)C(C)(F)C(F)(C(F)(F)F)C(F)(F)C1(F)F. The molecule has 0 aliphatic heterocycles. The van der Waals surface area contributed by atoms with E-state index in [1.165, 1.54) is 0 Å². The monoisotopic (exact) mass is 342 g/mol. The van der Waals surface area contributed by atoms with Crippen LogP contribution in [0.25, 0.3) is 0 Å². The van der Waals surface area contributed by atoms with Crippen LogP contribution in [-0.2, 0) is 0 Å². The summed E-state index contributed by atoms with van der Waals surface area (Å²) in [5.74, 6) is -20.4. The lowest BCUT2D eigenvalue weighted by molar-refractivity contribution is -0.470. The molecule has 0 heterocycles. The molecule has 0 radical (unpaired) electrons. The lowest BCUT2D eigenvalue weighted by Gasteiger charge is -2.56. The highest BCUT2D eigenvalue weighted by molar-refractivity contribution is 5.31. The van der Waals surface area contributed by atoms with Gasteiger partial charge in [0, 0.05) is 0 Å². The van der Waals surface area contributed by atoms with Crippen molar-refractivity contribution in [2.75, 3.05) is 0 Å². The Kier molecular flexibility index (Phi) is 3.23. The van der Waals surface area contributed by atoms with Crippen molar-refractivity contribution in [2.24, 2.45) is 0 Å². The maximum absolute atomic E-state index is 13.6. The fraction of sp³-hybridized carbons (Fsp3) is 1.00. The van der Waals surface area contributed by atoms with E-state index in [0.29, 0.717) is 0 Å². The molecule has 1 aliphatic carbocycles. The molecule has 0 amide bonds. The molecule has 1 fully saturated rings. The van der Waals surface area contributed by atoms with Crippen molar-refractivity contribution in [1.82, 2.24) is 0 Å². The molecule has 1 rings (SSSR count). The molecule has 0 aromatic heterocycles. The van der Waals surface area contributed by atoms with Gasteiger partial charge >= 0.3 is 29.6 Å². The Morgan fingerprint density at radius 2 is 0.857 bits per heavy atom. The highest BCUT2D eigenvalue weighted by atomic mass is 19.4. The van der Waals surface area contributed by atoms with Gasteiger partial charge in [0.15, 0.2) is 0 Å². The summed E-state index contributed by atoms with van der Waals surface area (Å²) in [5, 5.41) is 0. The van der Waals surface area contributed by atoms with Crippen molar-refractivity contribution in [3.05, 3.63) is 0 Å². The smallest absolute Gasteiger partial charge is 0.233 e. The van der Waals surface area contributed by atoms with Crippen LogP contribution in [-0.4, -0.2) is 41.0 Å². The van der Waals surface area contributed by atoms with Gasteiger partial charge in [-0.1, -0.05) is 0 Å². The average Bonchev–Trinajstić information content (AvgIpc) is 2.23. The van der Waals surface area contributed by atoms with Crippen LogP contribution in [0.3, 0.4) is 0 Å². The highest BCUT2D eigenvalue weighted by Gasteiger charge is 3.01. The fourth-order valence-electron chi connectivity index (χ4n) is 2.10. The number of hydrogen-bond acceptors (Lipinski definition) is 0. The van der Waals surface area contributed by atoms with E-state index in [4.69, 9.17) is 0 Å². The third-order valence-electron chi connectivity index (χ3n) is 3.63. The topological polar surface area (TPSA) is 0 Å². The summed E-state index contributed by atoms with van der Waals surface area (Å²) in [6.07, 6.45) is -7.16. The van der Waals surface area contributed by atoms with Gasteiger partial charge in [0.25, 0.3) is 0 Å². The van der Waals surface area contributed by atoms with Crippen molar-refractivity contribution in [3.63, 3.8) is 0 Å². The lowest BCUT2D eigenvalue weighted by atomic mass is 9.62. The molecule has 21 heavy (non-hydrogen) atoms. The molecular formula is C9H6F12. The van der Waals surface area contributed by atoms with Gasteiger partial charge in [-0.3, -0.25) is 0 Å². The first-order chi connectivity index (χ1) is 8.75. The molecular weight excluding hydrogens is 336 g/mol. The third-order valence-corrected chi connectivity index (χ3v) is 3.63. The maximum atomic E-state index is 13.6. The molecule has 0 aromatic rings. The van der Waals surface area contributed by atoms with Crippen LogP contribution < -0.4 is 0 Å². The Labute approximate surface area is 109 Å². The summed E-state index contributed by atoms with van der Waals surface area (Å²) >= 11 is 0. The van der Waals surface area contributed by atoms with E-state index in [9.17, 15) is 52.7 Å². The normalized spacial score (nSPS) is 45.4. The standard InChI is InChI=1S/C9H6F12/c1-3(10)5(12,9(19,20)21)8(17,18)7(15,16)4(2,11)6(3,13)14/h1-2H3. The van der Waals surface area contributed by atoms with E-state index < -0.39 is 54.8 Å². The van der Waals surface area contributed by atoms with Gasteiger partial charge in [0.1, 0.15) is 0 Å². The van der Waals surface area contributed by atoms with Gasteiger partial charge in [-0.2, -0.15) is 39.5 Å². The van der Waals surface area contributed by atoms with Gasteiger partial charge in [-0.25, -0.2) is 13.2 Å². The molecule has 0 saturated heterocycles. The second-order valence-corrected chi connectivity index (χ2v) is 4.89. The van der Waals surface area contributed by atoms with Crippen LogP contribution in [0.5, 0.6) is 0 Å². The number of alkyl halides is 12. The Bertz CT molecular complexity index is 412. The van der Waals surface area contributed by atoms with Crippen LogP contribution in [0.2, 0.25) is 0 Å². The molecule has 3 atom stereocenters. The minimum atomic E-state index is -7.16. The number of hydrogen-bond donors (Lipinski definition) is 0. The molecule has 0 nitrogen and oxygen atoms in total. The van der Waals surface area contributed by atoms with Gasteiger partial charge < -0.3 is 0 Å². The van der Waals surface area contributed by atoms with E-state index >= 15 is 0 Å². The number of halogens is 12. The lowest BCUT2D eigenvalue weighted by Crippen LogP contribution is -2.87. The second kappa shape index (κ2) is 3.73. The molecule has 12 heteroatoms. The zero-order valence-corrected chi connectivity index (χ0v) is 10.0. The van der Waals surface area contributed by atoms with E-state index in [1.54, 1.807) is 0 Å². The molecule has 1 aliphatic rings. The predicted octanol–water partition coefficient (Wildman–Crippen LogP) is 4.63. The maximum Gasteiger partial charge on any atom is 0.432 e. The molecule has 0 bridgehead atoms. The van der Waals surface area contributed by atoms with E-state index in [0.717, 1.165) is 0 Å². The Hall–Kier alpha value is -0.840. The zero-order chi connectivity index (χ0) is 17.5. The summed E-state index contributed by atoms with van der Waals surface area (Å²) in [5.41, 5.74) is -18.8. The third kappa shape index (κ3) is 1.46. The predicted molar refractivity (Wildman–Crippen MR) is 43.8 cm³/mol. The fourth-order valence-corrected chi connectivity index (χ4v) is 2.10. The molecule has 1 saturated carbocycles. The van der Waals surface area contributed by atoms with E-state index in [-0.39, 0.29) is 0 Å². The van der Waals surface area contributed by atoms with E-state index in [2.05, 4.69) is 0 Å². The van der Waals surface area contributed by atoms with Crippen molar-refractivity contribution in [3.8, 4) is 0 Å². The highest BCUT2D eigenvalue weighted by Crippen LogP contribution is 2.71. The first-order valence-electron chi connectivity index (χ1n) is 5.02. The van der Waals surface area contributed by atoms with Crippen molar-refractivity contribution in [2.45, 2.75) is 54.8 Å². The van der Waals surface area contributed by atoms with Crippen LogP contribution in [0.15, 0.2) is 0 Å². The molecule has 3 unspecified atom stereocenters. The summed E-state index contributed by atoms with van der Waals surface area (Å²) in [7, 11) is 0.